The van der Waals surface area contributed by atoms with E-state index in [1.54, 1.807) is 0 Å². The molecule has 1 rings (SSSR count). The van der Waals surface area contributed by atoms with E-state index in [1.807, 2.05) is 0 Å². The summed E-state index contributed by atoms with van der Waals surface area (Å²) in [6.45, 7) is 4.65. The average Bonchev–Trinajstić information content (AvgIpc) is 2.17. The van der Waals surface area contributed by atoms with Gasteiger partial charge in [0.2, 0.25) is 10.0 Å². The van der Waals surface area contributed by atoms with Gasteiger partial charge >= 0.3 is 0 Å². The van der Waals surface area contributed by atoms with E-state index in [9.17, 15) is 8.42 Å². The van der Waals surface area contributed by atoms with Crippen molar-refractivity contribution >= 4 is 10.0 Å². The third kappa shape index (κ3) is 6.83. The third-order valence-corrected chi connectivity index (χ3v) is 3.39. The Morgan fingerprint density at radius 1 is 1.13 bits per heavy atom. The predicted octanol–water partition coefficient (Wildman–Crippen LogP) is -0.650. The summed E-state index contributed by atoms with van der Waals surface area (Å²) in [5.41, 5.74) is 0. The predicted molar refractivity (Wildman–Crippen MR) is 61.1 cm³/mol. The highest BCUT2D eigenvalue weighted by molar-refractivity contribution is 7.89. The largest absolute Gasteiger partial charge is 0.314 e. The van der Waals surface area contributed by atoms with Gasteiger partial charge in [0.25, 0.3) is 0 Å². The average molecular weight is 235 g/mol. The van der Waals surface area contributed by atoms with Crippen molar-refractivity contribution in [3.63, 3.8) is 0 Å². The monoisotopic (exact) mass is 235 g/mol. The molecule has 0 amide bonds. The Bertz CT molecular complexity index is 261. The Labute approximate surface area is 92.1 Å². The van der Waals surface area contributed by atoms with Gasteiger partial charge in [-0.3, -0.25) is 0 Å². The highest BCUT2D eigenvalue weighted by Crippen LogP contribution is 2.06. The van der Waals surface area contributed by atoms with Gasteiger partial charge in [0.15, 0.2) is 0 Å². The summed E-state index contributed by atoms with van der Waals surface area (Å²) in [5, 5.41) is 7.97. The van der Waals surface area contributed by atoms with Gasteiger partial charge in [-0.1, -0.05) is 6.42 Å². The quantitative estimate of drug-likeness (QED) is 0.600. The van der Waals surface area contributed by atoms with Crippen LogP contribution in [-0.4, -0.2) is 51.8 Å². The van der Waals surface area contributed by atoms with E-state index in [-0.39, 0.29) is 5.75 Å². The van der Waals surface area contributed by atoms with Gasteiger partial charge in [0.1, 0.15) is 0 Å². The van der Waals surface area contributed by atoms with Crippen LogP contribution in [0.3, 0.4) is 0 Å². The van der Waals surface area contributed by atoms with Crippen molar-refractivity contribution in [2.75, 3.05) is 38.5 Å². The third-order valence-electron chi connectivity index (χ3n) is 2.62. The topological polar surface area (TPSA) is 75.4 Å². The van der Waals surface area contributed by atoms with Crippen LogP contribution in [-0.2, 0) is 10.0 Å². The zero-order chi connectivity index (χ0) is 11.1. The summed E-state index contributed by atoms with van der Waals surface area (Å²) >= 11 is 0. The van der Waals surface area contributed by atoms with E-state index < -0.39 is 10.0 Å². The van der Waals surface area contributed by atoms with E-state index in [2.05, 4.69) is 10.2 Å². The molecule has 3 N–H and O–H groups in total. The second-order valence-electron chi connectivity index (χ2n) is 4.02. The number of nitrogens with two attached hydrogens (primary N) is 1. The molecule has 0 atom stereocenters. The number of hydrogen-bond acceptors (Lipinski definition) is 4. The highest BCUT2D eigenvalue weighted by Gasteiger charge is 2.08. The molecule has 5 nitrogen and oxygen atoms in total. The van der Waals surface area contributed by atoms with Crippen molar-refractivity contribution in [1.29, 1.82) is 0 Å². The van der Waals surface area contributed by atoms with Crippen molar-refractivity contribution in [3.8, 4) is 0 Å². The van der Waals surface area contributed by atoms with Crippen molar-refractivity contribution in [3.05, 3.63) is 0 Å². The zero-order valence-corrected chi connectivity index (χ0v) is 9.93. The summed E-state index contributed by atoms with van der Waals surface area (Å²) in [6, 6.07) is 0. The van der Waals surface area contributed by atoms with Crippen LogP contribution in [0.1, 0.15) is 19.3 Å². The summed E-state index contributed by atoms with van der Waals surface area (Å²) in [7, 11) is -3.31. The fraction of sp³-hybridized carbons (Fsp3) is 1.00. The molecule has 1 heterocycles. The number of rotatable bonds is 6. The second kappa shape index (κ2) is 6.42. The summed E-state index contributed by atoms with van der Waals surface area (Å²) in [4.78, 5) is 2.41. The molecule has 0 unspecified atom stereocenters. The lowest BCUT2D eigenvalue weighted by molar-refractivity contribution is 0.229. The van der Waals surface area contributed by atoms with Crippen molar-refractivity contribution in [2.24, 2.45) is 5.14 Å². The molecular weight excluding hydrogens is 214 g/mol. The standard InChI is InChI=1S/C9H21N3O2S/c10-15(13,14)9-5-11-4-8-12-6-2-1-3-7-12/h11H,1-9H2,(H2,10,13,14). The minimum atomic E-state index is -3.31. The molecule has 0 spiro atoms. The smallest absolute Gasteiger partial charge is 0.210 e. The lowest BCUT2D eigenvalue weighted by Crippen LogP contribution is -2.37. The van der Waals surface area contributed by atoms with Gasteiger partial charge in [-0.25, -0.2) is 13.6 Å². The fourth-order valence-electron chi connectivity index (χ4n) is 1.76. The van der Waals surface area contributed by atoms with Gasteiger partial charge in [0.05, 0.1) is 5.75 Å². The van der Waals surface area contributed by atoms with Crippen LogP contribution in [0.5, 0.6) is 0 Å². The van der Waals surface area contributed by atoms with Gasteiger partial charge in [-0.2, -0.15) is 0 Å². The fourth-order valence-corrected chi connectivity index (χ4v) is 2.19. The first-order chi connectivity index (χ1) is 7.08. The molecule has 0 aromatic rings. The van der Waals surface area contributed by atoms with Crippen LogP contribution in [0.4, 0.5) is 0 Å². The molecule has 1 aliphatic rings. The number of nitrogens with one attached hydrogen (secondary N) is 1. The molecule has 6 heteroatoms. The Morgan fingerprint density at radius 3 is 2.40 bits per heavy atom. The van der Waals surface area contributed by atoms with Crippen molar-refractivity contribution in [2.45, 2.75) is 19.3 Å². The van der Waals surface area contributed by atoms with E-state index in [0.29, 0.717) is 6.54 Å². The Kier molecular flexibility index (Phi) is 5.52. The first kappa shape index (κ1) is 12.9. The summed E-state index contributed by atoms with van der Waals surface area (Å²) < 4.78 is 21.2. The van der Waals surface area contributed by atoms with Crippen LogP contribution in [0.15, 0.2) is 0 Å². The normalized spacial score (nSPS) is 19.3. The van der Waals surface area contributed by atoms with Crippen LogP contribution < -0.4 is 10.5 Å². The Hall–Kier alpha value is -0.170. The molecule has 15 heavy (non-hydrogen) atoms. The number of nitrogens with zero attached hydrogens (tertiary/aromatic N) is 1. The van der Waals surface area contributed by atoms with Crippen LogP contribution in [0, 0.1) is 0 Å². The van der Waals surface area contributed by atoms with Gasteiger partial charge in [-0.05, 0) is 25.9 Å². The Morgan fingerprint density at radius 2 is 1.80 bits per heavy atom. The number of likely N-dealkylation sites (tertiary alicyclic amines) is 1. The molecule has 0 saturated carbocycles. The van der Waals surface area contributed by atoms with Crippen molar-refractivity contribution < 1.29 is 8.42 Å². The maximum atomic E-state index is 10.6. The van der Waals surface area contributed by atoms with Gasteiger partial charge in [0, 0.05) is 19.6 Å². The first-order valence-corrected chi connectivity index (χ1v) is 7.23. The van der Waals surface area contributed by atoms with Gasteiger partial charge < -0.3 is 10.2 Å². The molecule has 0 bridgehead atoms. The number of sulfonamides is 1. The SMILES string of the molecule is NS(=O)(=O)CCNCCN1CCCCC1. The minimum Gasteiger partial charge on any atom is -0.314 e. The van der Waals surface area contributed by atoms with Gasteiger partial charge in [-0.15, -0.1) is 0 Å². The molecule has 1 fully saturated rings. The van der Waals surface area contributed by atoms with Crippen LogP contribution in [0.2, 0.25) is 0 Å². The second-order valence-corrected chi connectivity index (χ2v) is 5.75. The highest BCUT2D eigenvalue weighted by atomic mass is 32.2. The molecule has 0 radical (unpaired) electrons. The summed E-state index contributed by atoms with van der Waals surface area (Å²) in [6.07, 6.45) is 3.92. The Balaban J connectivity index is 1.96. The molecule has 1 aliphatic heterocycles. The molecule has 0 aliphatic carbocycles. The summed E-state index contributed by atoms with van der Waals surface area (Å²) in [5.74, 6) is 0.0208. The minimum absolute atomic E-state index is 0.0208. The maximum Gasteiger partial charge on any atom is 0.210 e. The molecule has 0 aromatic carbocycles. The maximum absolute atomic E-state index is 10.6. The van der Waals surface area contributed by atoms with E-state index in [4.69, 9.17) is 5.14 Å². The van der Waals surface area contributed by atoms with Crippen LogP contribution in [0.25, 0.3) is 0 Å². The zero-order valence-electron chi connectivity index (χ0n) is 9.11. The van der Waals surface area contributed by atoms with Crippen molar-refractivity contribution in [1.82, 2.24) is 10.2 Å². The number of hydrogen-bond donors (Lipinski definition) is 2. The molecule has 0 aromatic heterocycles. The van der Waals surface area contributed by atoms with E-state index in [1.165, 1.54) is 32.4 Å². The lowest BCUT2D eigenvalue weighted by Gasteiger charge is -2.26. The molecular formula is C9H21N3O2S. The number of primary sulfonamides is 1. The first-order valence-electron chi connectivity index (χ1n) is 5.51. The van der Waals surface area contributed by atoms with E-state index in [0.717, 1.165) is 13.1 Å². The molecule has 90 valence electrons. The lowest BCUT2D eigenvalue weighted by atomic mass is 10.1. The molecule has 1 saturated heterocycles. The van der Waals surface area contributed by atoms with Crippen LogP contribution >= 0.6 is 0 Å². The number of piperidine rings is 1. The van der Waals surface area contributed by atoms with E-state index >= 15 is 0 Å².